The standard InChI is InChI=1S/C14H20ClN3/c1-2-3-4-5-10-18-13-7-9-16-11-12(13)17-14(18)6-8-15/h7,9,11H,2-6,8,10H2,1H3. The monoisotopic (exact) mass is 265 g/mol. The van der Waals surface area contributed by atoms with Crippen molar-refractivity contribution in [2.75, 3.05) is 5.88 Å². The molecule has 0 spiro atoms. The van der Waals surface area contributed by atoms with E-state index in [2.05, 4.69) is 21.5 Å². The Hall–Kier alpha value is -1.09. The first-order chi connectivity index (χ1) is 8.86. The van der Waals surface area contributed by atoms with E-state index in [-0.39, 0.29) is 0 Å². The molecule has 0 saturated carbocycles. The first-order valence-corrected chi connectivity index (χ1v) is 7.25. The average molecular weight is 266 g/mol. The van der Waals surface area contributed by atoms with Crippen LogP contribution in [0, 0.1) is 0 Å². The van der Waals surface area contributed by atoms with Crippen LogP contribution < -0.4 is 0 Å². The first-order valence-electron chi connectivity index (χ1n) is 6.72. The molecule has 0 saturated heterocycles. The molecule has 0 radical (unpaired) electrons. The Balaban J connectivity index is 2.19. The van der Waals surface area contributed by atoms with Gasteiger partial charge in [0.1, 0.15) is 11.3 Å². The Morgan fingerprint density at radius 2 is 2.17 bits per heavy atom. The highest BCUT2D eigenvalue weighted by Gasteiger charge is 2.09. The smallest absolute Gasteiger partial charge is 0.111 e. The Morgan fingerprint density at radius 3 is 2.94 bits per heavy atom. The van der Waals surface area contributed by atoms with Crippen molar-refractivity contribution in [2.45, 2.75) is 45.6 Å². The van der Waals surface area contributed by atoms with Crippen LogP contribution in [0.4, 0.5) is 0 Å². The van der Waals surface area contributed by atoms with Gasteiger partial charge >= 0.3 is 0 Å². The summed E-state index contributed by atoms with van der Waals surface area (Å²) in [6.45, 7) is 3.27. The molecule has 4 heteroatoms. The molecule has 0 aromatic carbocycles. The van der Waals surface area contributed by atoms with Crippen LogP contribution in [-0.2, 0) is 13.0 Å². The van der Waals surface area contributed by atoms with Crippen molar-refractivity contribution < 1.29 is 0 Å². The van der Waals surface area contributed by atoms with Gasteiger partial charge in [0.25, 0.3) is 0 Å². The van der Waals surface area contributed by atoms with Gasteiger partial charge in [0.05, 0.1) is 11.7 Å². The van der Waals surface area contributed by atoms with Gasteiger partial charge in [-0.1, -0.05) is 26.2 Å². The lowest BCUT2D eigenvalue weighted by molar-refractivity contribution is 0.576. The molecule has 2 aromatic heterocycles. The summed E-state index contributed by atoms with van der Waals surface area (Å²) in [5.74, 6) is 1.70. The molecule has 0 bridgehead atoms. The fourth-order valence-electron chi connectivity index (χ4n) is 2.25. The summed E-state index contributed by atoms with van der Waals surface area (Å²) in [4.78, 5) is 8.75. The summed E-state index contributed by atoms with van der Waals surface area (Å²) >= 11 is 5.85. The molecule has 0 aliphatic heterocycles. The van der Waals surface area contributed by atoms with Crippen LogP contribution in [-0.4, -0.2) is 20.4 Å². The van der Waals surface area contributed by atoms with Crippen molar-refractivity contribution in [3.05, 3.63) is 24.3 Å². The molecule has 3 nitrogen and oxygen atoms in total. The van der Waals surface area contributed by atoms with Crippen LogP contribution in [0.25, 0.3) is 11.0 Å². The second-order valence-electron chi connectivity index (χ2n) is 4.54. The maximum atomic E-state index is 5.85. The van der Waals surface area contributed by atoms with Crippen molar-refractivity contribution in [3.8, 4) is 0 Å². The molecule has 98 valence electrons. The van der Waals surface area contributed by atoms with E-state index in [1.54, 1.807) is 0 Å². The third-order valence-corrected chi connectivity index (χ3v) is 3.37. The van der Waals surface area contributed by atoms with Gasteiger partial charge in [-0.15, -0.1) is 11.6 Å². The number of hydrogen-bond acceptors (Lipinski definition) is 2. The summed E-state index contributed by atoms with van der Waals surface area (Å²) in [5, 5.41) is 0. The maximum absolute atomic E-state index is 5.85. The zero-order valence-corrected chi connectivity index (χ0v) is 11.7. The van der Waals surface area contributed by atoms with Crippen molar-refractivity contribution in [1.29, 1.82) is 0 Å². The molecule has 0 unspecified atom stereocenters. The fourth-order valence-corrected chi connectivity index (χ4v) is 2.42. The fraction of sp³-hybridized carbons (Fsp3) is 0.571. The predicted molar refractivity (Wildman–Crippen MR) is 76.1 cm³/mol. The van der Waals surface area contributed by atoms with E-state index in [1.807, 2.05) is 18.5 Å². The van der Waals surface area contributed by atoms with Gasteiger partial charge in [0, 0.05) is 25.0 Å². The highest BCUT2D eigenvalue weighted by Crippen LogP contribution is 2.17. The lowest BCUT2D eigenvalue weighted by atomic mass is 10.2. The Bertz CT molecular complexity index is 493. The summed E-state index contributed by atoms with van der Waals surface area (Å²) in [5.41, 5.74) is 2.16. The van der Waals surface area contributed by atoms with Gasteiger partial charge in [-0.2, -0.15) is 0 Å². The third kappa shape index (κ3) is 3.02. The Morgan fingerprint density at radius 1 is 1.28 bits per heavy atom. The van der Waals surface area contributed by atoms with Crippen LogP contribution in [0.1, 0.15) is 38.4 Å². The summed E-state index contributed by atoms with van der Waals surface area (Å²) in [6.07, 6.45) is 9.54. The molecule has 0 fully saturated rings. The first kappa shape index (κ1) is 13.3. The van der Waals surface area contributed by atoms with Crippen LogP contribution in [0.5, 0.6) is 0 Å². The highest BCUT2D eigenvalue weighted by molar-refractivity contribution is 6.17. The van der Waals surface area contributed by atoms with Crippen LogP contribution in [0.2, 0.25) is 0 Å². The number of halogens is 1. The predicted octanol–water partition coefficient (Wildman–Crippen LogP) is 3.79. The van der Waals surface area contributed by atoms with Gasteiger partial charge in [0.2, 0.25) is 0 Å². The number of aromatic nitrogens is 3. The second kappa shape index (κ2) is 6.74. The number of alkyl halides is 1. The van der Waals surface area contributed by atoms with Gasteiger partial charge in [-0.3, -0.25) is 4.98 Å². The van der Waals surface area contributed by atoms with E-state index in [0.717, 1.165) is 24.3 Å². The van der Waals surface area contributed by atoms with Crippen LogP contribution in [0.3, 0.4) is 0 Å². The maximum Gasteiger partial charge on any atom is 0.111 e. The number of hydrogen-bond donors (Lipinski definition) is 0. The molecule has 2 rings (SSSR count). The van der Waals surface area contributed by atoms with E-state index >= 15 is 0 Å². The second-order valence-corrected chi connectivity index (χ2v) is 4.92. The third-order valence-electron chi connectivity index (χ3n) is 3.18. The normalized spacial score (nSPS) is 11.2. The molecular weight excluding hydrogens is 246 g/mol. The lowest BCUT2D eigenvalue weighted by Crippen LogP contribution is -2.05. The number of rotatable bonds is 7. The van der Waals surface area contributed by atoms with Gasteiger partial charge < -0.3 is 4.57 Å². The van der Waals surface area contributed by atoms with Crippen molar-refractivity contribution in [2.24, 2.45) is 0 Å². The average Bonchev–Trinajstić information content (AvgIpc) is 2.73. The van der Waals surface area contributed by atoms with Crippen molar-refractivity contribution >= 4 is 22.6 Å². The number of nitrogens with zero attached hydrogens (tertiary/aromatic N) is 3. The van der Waals surface area contributed by atoms with E-state index in [0.29, 0.717) is 5.88 Å². The number of fused-ring (bicyclic) bond motifs is 1. The Kier molecular flexibility index (Phi) is 5.00. The molecule has 0 atom stereocenters. The van der Waals surface area contributed by atoms with Crippen molar-refractivity contribution in [1.82, 2.24) is 14.5 Å². The minimum Gasteiger partial charge on any atom is -0.328 e. The Labute approximate surface area is 113 Å². The van der Waals surface area contributed by atoms with Gasteiger partial charge in [0.15, 0.2) is 0 Å². The van der Waals surface area contributed by atoms with Gasteiger partial charge in [-0.05, 0) is 12.5 Å². The minimum atomic E-state index is 0.617. The molecule has 0 aliphatic carbocycles. The summed E-state index contributed by atoms with van der Waals surface area (Å²) in [6, 6.07) is 2.04. The molecule has 0 N–H and O–H groups in total. The van der Waals surface area contributed by atoms with E-state index in [9.17, 15) is 0 Å². The zero-order chi connectivity index (χ0) is 12.8. The quantitative estimate of drug-likeness (QED) is 0.563. The molecule has 2 heterocycles. The summed E-state index contributed by atoms with van der Waals surface area (Å²) < 4.78 is 2.30. The van der Waals surface area contributed by atoms with Crippen molar-refractivity contribution in [3.63, 3.8) is 0 Å². The van der Waals surface area contributed by atoms with Crippen LogP contribution in [0.15, 0.2) is 18.5 Å². The number of pyridine rings is 1. The zero-order valence-electron chi connectivity index (χ0n) is 10.9. The minimum absolute atomic E-state index is 0.617. The van der Waals surface area contributed by atoms with E-state index < -0.39 is 0 Å². The van der Waals surface area contributed by atoms with Gasteiger partial charge in [-0.25, -0.2) is 4.98 Å². The SMILES string of the molecule is CCCCCCn1c(CCCl)nc2cnccc21. The number of imidazole rings is 1. The number of unbranched alkanes of at least 4 members (excludes halogenated alkanes) is 3. The molecule has 18 heavy (non-hydrogen) atoms. The number of aryl methyl sites for hydroxylation is 2. The molecule has 0 amide bonds. The highest BCUT2D eigenvalue weighted by atomic mass is 35.5. The lowest BCUT2D eigenvalue weighted by Gasteiger charge is -2.08. The van der Waals surface area contributed by atoms with E-state index in [1.165, 1.54) is 31.2 Å². The van der Waals surface area contributed by atoms with E-state index in [4.69, 9.17) is 11.6 Å². The molecule has 0 aliphatic rings. The van der Waals surface area contributed by atoms with Crippen LogP contribution >= 0.6 is 11.6 Å². The largest absolute Gasteiger partial charge is 0.328 e. The summed E-state index contributed by atoms with van der Waals surface area (Å²) in [7, 11) is 0. The molecular formula is C14H20ClN3. The molecule has 2 aromatic rings. The topological polar surface area (TPSA) is 30.7 Å².